The average molecular weight is 401 g/mol. The summed E-state index contributed by atoms with van der Waals surface area (Å²) in [6.45, 7) is 4.43. The van der Waals surface area contributed by atoms with Gasteiger partial charge in [-0.1, -0.05) is 41.4 Å². The van der Waals surface area contributed by atoms with E-state index in [1.807, 2.05) is 42.8 Å². The lowest BCUT2D eigenvalue weighted by Gasteiger charge is -2.06. The Hall–Kier alpha value is -2.63. The third kappa shape index (κ3) is 4.56. The number of hydrogen-bond acceptors (Lipinski definition) is 3. The first-order valence-corrected chi connectivity index (χ1v) is 9.07. The van der Waals surface area contributed by atoms with Crippen molar-refractivity contribution in [3.05, 3.63) is 86.7 Å². The Kier molecular flexibility index (Phi) is 5.94. The molecule has 0 unspecified atom stereocenters. The maximum absolute atomic E-state index is 12.1. The minimum atomic E-state index is -0.304. The first kappa shape index (κ1) is 19.1. The van der Waals surface area contributed by atoms with Gasteiger partial charge < -0.3 is 0 Å². The van der Waals surface area contributed by atoms with Crippen molar-refractivity contribution in [2.75, 3.05) is 0 Å². The van der Waals surface area contributed by atoms with E-state index in [0.717, 1.165) is 22.5 Å². The molecule has 0 radical (unpaired) electrons. The number of carbonyl (C=O) groups excluding carboxylic acids is 1. The van der Waals surface area contributed by atoms with Crippen LogP contribution in [0, 0.1) is 13.8 Å². The predicted molar refractivity (Wildman–Crippen MR) is 109 cm³/mol. The molecule has 1 N–H and O–H groups in total. The number of amides is 1. The summed E-state index contributed by atoms with van der Waals surface area (Å²) in [6.07, 6.45) is 1.61. The SMILES string of the molecule is Cc1nn(Cc2ccccc2Cl)c(C)c1/C=N/NC(=O)c1ccc(Cl)cc1. The van der Waals surface area contributed by atoms with E-state index in [2.05, 4.69) is 15.6 Å². The number of carbonyl (C=O) groups is 1. The van der Waals surface area contributed by atoms with E-state index in [-0.39, 0.29) is 5.91 Å². The summed E-state index contributed by atoms with van der Waals surface area (Å²) in [7, 11) is 0. The average Bonchev–Trinajstić information content (AvgIpc) is 2.91. The standard InChI is InChI=1S/C20H18Cl2N4O/c1-13-18(11-23-24-20(27)15-7-9-17(21)10-8-15)14(2)26(25-13)12-16-5-3-4-6-19(16)22/h3-11H,12H2,1-2H3,(H,24,27)/b23-11+. The van der Waals surface area contributed by atoms with Gasteiger partial charge in [-0.15, -0.1) is 0 Å². The summed E-state index contributed by atoms with van der Waals surface area (Å²) in [5.74, 6) is -0.304. The van der Waals surface area contributed by atoms with Crippen LogP contribution in [0.25, 0.3) is 0 Å². The fourth-order valence-corrected chi connectivity index (χ4v) is 2.98. The van der Waals surface area contributed by atoms with Crippen LogP contribution in [0.1, 0.15) is 32.9 Å². The molecule has 2 aromatic carbocycles. The molecule has 138 valence electrons. The van der Waals surface area contributed by atoms with Crippen molar-refractivity contribution in [2.24, 2.45) is 5.10 Å². The zero-order chi connectivity index (χ0) is 19.4. The molecule has 27 heavy (non-hydrogen) atoms. The molecule has 3 rings (SSSR count). The number of nitrogens with zero attached hydrogens (tertiary/aromatic N) is 3. The third-order valence-electron chi connectivity index (χ3n) is 4.18. The Morgan fingerprint density at radius 2 is 1.85 bits per heavy atom. The van der Waals surface area contributed by atoms with Crippen LogP contribution in [-0.2, 0) is 6.54 Å². The van der Waals surface area contributed by atoms with Crippen molar-refractivity contribution in [3.8, 4) is 0 Å². The van der Waals surface area contributed by atoms with Gasteiger partial charge in [0.05, 0.1) is 18.5 Å². The number of nitrogens with one attached hydrogen (secondary N) is 1. The molecule has 1 amide bonds. The van der Waals surface area contributed by atoms with Gasteiger partial charge in [0.25, 0.3) is 5.91 Å². The second kappa shape index (κ2) is 8.37. The van der Waals surface area contributed by atoms with Crippen molar-refractivity contribution < 1.29 is 4.79 Å². The highest BCUT2D eigenvalue weighted by Crippen LogP contribution is 2.18. The van der Waals surface area contributed by atoms with Crippen LogP contribution in [0.4, 0.5) is 0 Å². The molecule has 0 aliphatic carbocycles. The van der Waals surface area contributed by atoms with Crippen LogP contribution >= 0.6 is 23.2 Å². The molecule has 0 saturated heterocycles. The topological polar surface area (TPSA) is 59.3 Å². The molecular weight excluding hydrogens is 383 g/mol. The van der Waals surface area contributed by atoms with Gasteiger partial charge in [0.1, 0.15) is 0 Å². The Morgan fingerprint density at radius 3 is 2.56 bits per heavy atom. The highest BCUT2D eigenvalue weighted by atomic mass is 35.5. The monoisotopic (exact) mass is 400 g/mol. The minimum absolute atomic E-state index is 0.304. The fraction of sp³-hybridized carbons (Fsp3) is 0.150. The van der Waals surface area contributed by atoms with Crippen LogP contribution in [0.2, 0.25) is 10.0 Å². The highest BCUT2D eigenvalue weighted by molar-refractivity contribution is 6.31. The van der Waals surface area contributed by atoms with Crippen molar-refractivity contribution in [2.45, 2.75) is 20.4 Å². The van der Waals surface area contributed by atoms with E-state index >= 15 is 0 Å². The van der Waals surface area contributed by atoms with Crippen molar-refractivity contribution in [1.29, 1.82) is 0 Å². The number of aromatic nitrogens is 2. The van der Waals surface area contributed by atoms with Crippen molar-refractivity contribution >= 4 is 35.3 Å². The van der Waals surface area contributed by atoms with Gasteiger partial charge in [0.15, 0.2) is 0 Å². The van der Waals surface area contributed by atoms with Gasteiger partial charge in [-0.3, -0.25) is 9.48 Å². The molecule has 0 fully saturated rings. The smallest absolute Gasteiger partial charge is 0.267 e. The van der Waals surface area contributed by atoms with Crippen LogP contribution in [-0.4, -0.2) is 21.9 Å². The maximum atomic E-state index is 12.1. The van der Waals surface area contributed by atoms with Gasteiger partial charge >= 0.3 is 0 Å². The molecule has 0 atom stereocenters. The number of hydrazone groups is 1. The Balaban J connectivity index is 1.72. The largest absolute Gasteiger partial charge is 0.271 e. The molecule has 3 aromatic rings. The van der Waals surface area contributed by atoms with E-state index in [0.29, 0.717) is 22.2 Å². The quantitative estimate of drug-likeness (QED) is 0.501. The van der Waals surface area contributed by atoms with Crippen LogP contribution in [0.3, 0.4) is 0 Å². The van der Waals surface area contributed by atoms with Crippen LogP contribution < -0.4 is 5.43 Å². The van der Waals surface area contributed by atoms with E-state index in [4.69, 9.17) is 23.2 Å². The third-order valence-corrected chi connectivity index (χ3v) is 4.80. The van der Waals surface area contributed by atoms with Gasteiger partial charge in [-0.2, -0.15) is 10.2 Å². The number of halogens is 2. The fourth-order valence-electron chi connectivity index (χ4n) is 2.66. The molecule has 7 heteroatoms. The molecule has 0 aliphatic heterocycles. The number of rotatable bonds is 5. The normalized spacial score (nSPS) is 11.1. The van der Waals surface area contributed by atoms with Crippen molar-refractivity contribution in [3.63, 3.8) is 0 Å². The summed E-state index contributed by atoms with van der Waals surface area (Å²) in [4.78, 5) is 12.1. The van der Waals surface area contributed by atoms with Crippen LogP contribution in [0.15, 0.2) is 53.6 Å². The zero-order valence-electron chi connectivity index (χ0n) is 14.9. The summed E-state index contributed by atoms with van der Waals surface area (Å²) >= 11 is 12.1. The number of aryl methyl sites for hydroxylation is 1. The molecule has 0 aliphatic rings. The molecule has 0 spiro atoms. The lowest BCUT2D eigenvalue weighted by atomic mass is 10.2. The lowest BCUT2D eigenvalue weighted by Crippen LogP contribution is -2.17. The number of hydrogen-bond donors (Lipinski definition) is 1. The molecule has 5 nitrogen and oxygen atoms in total. The molecule has 0 bridgehead atoms. The maximum Gasteiger partial charge on any atom is 0.271 e. The Bertz CT molecular complexity index is 994. The summed E-state index contributed by atoms with van der Waals surface area (Å²) < 4.78 is 1.87. The van der Waals surface area contributed by atoms with Gasteiger partial charge in [-0.05, 0) is 49.7 Å². The van der Waals surface area contributed by atoms with Crippen LogP contribution in [0.5, 0.6) is 0 Å². The Morgan fingerprint density at radius 1 is 1.15 bits per heavy atom. The van der Waals surface area contributed by atoms with E-state index in [1.165, 1.54) is 0 Å². The van der Waals surface area contributed by atoms with Gasteiger partial charge in [0, 0.05) is 26.9 Å². The lowest BCUT2D eigenvalue weighted by molar-refractivity contribution is 0.0955. The van der Waals surface area contributed by atoms with E-state index < -0.39 is 0 Å². The summed E-state index contributed by atoms with van der Waals surface area (Å²) in [6, 6.07) is 14.3. The Labute approximate surface area is 167 Å². The second-order valence-electron chi connectivity index (χ2n) is 6.04. The molecule has 1 heterocycles. The van der Waals surface area contributed by atoms with E-state index in [1.54, 1.807) is 30.5 Å². The summed E-state index contributed by atoms with van der Waals surface area (Å²) in [5.41, 5.74) is 6.62. The number of benzene rings is 2. The molecular formula is C20H18Cl2N4O. The molecule has 1 aromatic heterocycles. The van der Waals surface area contributed by atoms with Gasteiger partial charge in [-0.25, -0.2) is 5.43 Å². The summed E-state index contributed by atoms with van der Waals surface area (Å²) in [5, 5.41) is 9.89. The molecule has 0 saturated carbocycles. The minimum Gasteiger partial charge on any atom is -0.267 e. The highest BCUT2D eigenvalue weighted by Gasteiger charge is 2.11. The zero-order valence-corrected chi connectivity index (χ0v) is 16.4. The van der Waals surface area contributed by atoms with Gasteiger partial charge in [0.2, 0.25) is 0 Å². The predicted octanol–water partition coefficient (Wildman–Crippen LogP) is 4.62. The second-order valence-corrected chi connectivity index (χ2v) is 6.88. The van der Waals surface area contributed by atoms with Crippen molar-refractivity contribution in [1.82, 2.24) is 15.2 Å². The van der Waals surface area contributed by atoms with E-state index in [9.17, 15) is 4.79 Å². The first-order chi connectivity index (χ1) is 13.0. The first-order valence-electron chi connectivity index (χ1n) is 8.32.